The number of fused-ring (bicyclic) bond motifs is 1. The van der Waals surface area contributed by atoms with E-state index in [9.17, 15) is 10.1 Å². The molecule has 0 aliphatic heterocycles. The molecule has 6 heteroatoms. The second kappa shape index (κ2) is 5.62. The van der Waals surface area contributed by atoms with E-state index in [1.54, 1.807) is 18.3 Å². The zero-order chi connectivity index (χ0) is 13.8. The van der Waals surface area contributed by atoms with Crippen LogP contribution in [0.4, 0.5) is 11.4 Å². The lowest BCUT2D eigenvalue weighted by Crippen LogP contribution is -2.29. The first-order valence-corrected chi connectivity index (χ1v) is 6.15. The van der Waals surface area contributed by atoms with Crippen LogP contribution in [0.1, 0.15) is 6.92 Å². The molecule has 0 unspecified atom stereocenters. The third kappa shape index (κ3) is 2.48. The number of non-ortho nitro benzene ring substituents is 1. The number of nitrogens with zero attached hydrogens (tertiary/aromatic N) is 3. The first-order chi connectivity index (χ1) is 9.19. The Balaban J connectivity index is 2.64. The average Bonchev–Trinajstić information content (AvgIpc) is 2.43. The predicted octanol–water partition coefficient (Wildman–Crippen LogP) is 1.93. The van der Waals surface area contributed by atoms with Gasteiger partial charge in [0, 0.05) is 49.2 Å². The molecule has 19 heavy (non-hydrogen) atoms. The van der Waals surface area contributed by atoms with Crippen LogP contribution in [0.15, 0.2) is 30.6 Å². The summed E-state index contributed by atoms with van der Waals surface area (Å²) in [5.74, 6) is 0. The highest BCUT2D eigenvalue weighted by Crippen LogP contribution is 2.32. The topological polar surface area (TPSA) is 85.3 Å². The Morgan fingerprint density at radius 1 is 1.37 bits per heavy atom. The van der Waals surface area contributed by atoms with E-state index in [4.69, 9.17) is 5.73 Å². The highest BCUT2D eigenvalue weighted by Gasteiger charge is 2.16. The van der Waals surface area contributed by atoms with E-state index in [2.05, 4.69) is 9.88 Å². The molecule has 2 aromatic rings. The number of aromatic nitrogens is 1. The fourth-order valence-electron chi connectivity index (χ4n) is 2.20. The van der Waals surface area contributed by atoms with Gasteiger partial charge in [-0.1, -0.05) is 0 Å². The summed E-state index contributed by atoms with van der Waals surface area (Å²) in [6.07, 6.45) is 3.18. The molecule has 0 bridgehead atoms. The SMILES string of the molecule is CCN(CCN)c1ccc([N+](=O)[O-])c2cnccc12. The molecule has 1 aromatic carbocycles. The summed E-state index contributed by atoms with van der Waals surface area (Å²) in [4.78, 5) is 16.7. The van der Waals surface area contributed by atoms with Crippen molar-refractivity contribution >= 4 is 22.1 Å². The van der Waals surface area contributed by atoms with E-state index in [0.29, 0.717) is 18.5 Å². The Kier molecular flexibility index (Phi) is 3.91. The molecule has 2 N–H and O–H groups in total. The number of likely N-dealkylation sites (N-methyl/N-ethyl adjacent to an activating group) is 1. The number of rotatable bonds is 5. The van der Waals surface area contributed by atoms with E-state index >= 15 is 0 Å². The number of nitrogens with two attached hydrogens (primary N) is 1. The number of nitro benzene ring substituents is 1. The van der Waals surface area contributed by atoms with Crippen molar-refractivity contribution in [1.29, 1.82) is 0 Å². The van der Waals surface area contributed by atoms with Crippen LogP contribution < -0.4 is 10.6 Å². The van der Waals surface area contributed by atoms with E-state index in [0.717, 1.165) is 17.6 Å². The van der Waals surface area contributed by atoms with Gasteiger partial charge in [0.05, 0.1) is 10.3 Å². The molecule has 100 valence electrons. The van der Waals surface area contributed by atoms with Gasteiger partial charge in [-0.25, -0.2) is 0 Å². The van der Waals surface area contributed by atoms with Gasteiger partial charge in [-0.3, -0.25) is 15.1 Å². The summed E-state index contributed by atoms with van der Waals surface area (Å²) in [6, 6.07) is 5.11. The van der Waals surface area contributed by atoms with Crippen LogP contribution >= 0.6 is 0 Å². The fourth-order valence-corrected chi connectivity index (χ4v) is 2.20. The molecule has 0 aliphatic rings. The highest BCUT2D eigenvalue weighted by atomic mass is 16.6. The number of hydrogen-bond donors (Lipinski definition) is 1. The summed E-state index contributed by atoms with van der Waals surface area (Å²) >= 11 is 0. The normalized spacial score (nSPS) is 10.6. The maximum absolute atomic E-state index is 11.0. The predicted molar refractivity (Wildman–Crippen MR) is 75.3 cm³/mol. The Labute approximate surface area is 111 Å². The van der Waals surface area contributed by atoms with Crippen molar-refractivity contribution in [3.05, 3.63) is 40.7 Å². The summed E-state index contributed by atoms with van der Waals surface area (Å²) in [6.45, 7) is 4.08. The molecule has 0 saturated carbocycles. The Morgan fingerprint density at radius 3 is 2.79 bits per heavy atom. The minimum absolute atomic E-state index is 0.0793. The van der Waals surface area contributed by atoms with E-state index in [1.807, 2.05) is 6.92 Å². The summed E-state index contributed by atoms with van der Waals surface area (Å²) in [5, 5.41) is 12.4. The summed E-state index contributed by atoms with van der Waals surface area (Å²) in [5.41, 5.74) is 6.64. The maximum Gasteiger partial charge on any atom is 0.278 e. The molecule has 6 nitrogen and oxygen atoms in total. The molecule has 0 atom stereocenters. The quantitative estimate of drug-likeness (QED) is 0.655. The minimum atomic E-state index is -0.382. The van der Waals surface area contributed by atoms with Crippen LogP contribution in [-0.4, -0.2) is 29.5 Å². The van der Waals surface area contributed by atoms with E-state index in [-0.39, 0.29) is 10.6 Å². The van der Waals surface area contributed by atoms with Crippen molar-refractivity contribution < 1.29 is 4.92 Å². The number of benzene rings is 1. The zero-order valence-corrected chi connectivity index (χ0v) is 10.7. The smallest absolute Gasteiger partial charge is 0.278 e. The number of pyridine rings is 1. The standard InChI is InChI=1S/C13H16N4O2/c1-2-16(8-6-14)12-3-4-13(17(18)19)11-9-15-7-5-10(11)12/h3-5,7,9H,2,6,8,14H2,1H3. The lowest BCUT2D eigenvalue weighted by atomic mass is 10.1. The third-order valence-electron chi connectivity index (χ3n) is 3.09. The monoisotopic (exact) mass is 260 g/mol. The molecule has 1 heterocycles. The molecule has 0 saturated heterocycles. The van der Waals surface area contributed by atoms with Gasteiger partial charge in [-0.05, 0) is 19.1 Å². The van der Waals surface area contributed by atoms with E-state index in [1.165, 1.54) is 12.3 Å². The van der Waals surface area contributed by atoms with Gasteiger partial charge in [0.15, 0.2) is 0 Å². The Hall–Kier alpha value is -2.21. The number of nitro groups is 1. The van der Waals surface area contributed by atoms with Crippen molar-refractivity contribution in [2.75, 3.05) is 24.5 Å². The van der Waals surface area contributed by atoms with Crippen LogP contribution in [0.2, 0.25) is 0 Å². The second-order valence-corrected chi connectivity index (χ2v) is 4.15. The van der Waals surface area contributed by atoms with Crippen LogP contribution in [0, 0.1) is 10.1 Å². The van der Waals surface area contributed by atoms with Gasteiger partial charge in [-0.2, -0.15) is 0 Å². The molecule has 0 amide bonds. The average molecular weight is 260 g/mol. The third-order valence-corrected chi connectivity index (χ3v) is 3.09. The van der Waals surface area contributed by atoms with Crippen LogP contribution in [-0.2, 0) is 0 Å². The van der Waals surface area contributed by atoms with Gasteiger partial charge in [0.1, 0.15) is 0 Å². The van der Waals surface area contributed by atoms with Gasteiger partial charge in [0.25, 0.3) is 5.69 Å². The van der Waals surface area contributed by atoms with Gasteiger partial charge < -0.3 is 10.6 Å². The number of anilines is 1. The molecular weight excluding hydrogens is 244 g/mol. The highest BCUT2D eigenvalue weighted by molar-refractivity contribution is 5.99. The van der Waals surface area contributed by atoms with Crippen molar-refractivity contribution in [3.8, 4) is 0 Å². The van der Waals surface area contributed by atoms with Gasteiger partial charge >= 0.3 is 0 Å². The Morgan fingerprint density at radius 2 is 2.16 bits per heavy atom. The van der Waals surface area contributed by atoms with Gasteiger partial charge in [-0.15, -0.1) is 0 Å². The van der Waals surface area contributed by atoms with Gasteiger partial charge in [0.2, 0.25) is 0 Å². The summed E-state index contributed by atoms with van der Waals surface area (Å²) in [7, 11) is 0. The molecule has 0 aliphatic carbocycles. The zero-order valence-electron chi connectivity index (χ0n) is 10.7. The maximum atomic E-state index is 11.0. The van der Waals surface area contributed by atoms with Crippen molar-refractivity contribution in [3.63, 3.8) is 0 Å². The molecule has 0 fully saturated rings. The first-order valence-electron chi connectivity index (χ1n) is 6.15. The number of hydrogen-bond acceptors (Lipinski definition) is 5. The minimum Gasteiger partial charge on any atom is -0.370 e. The molecular formula is C13H16N4O2. The van der Waals surface area contributed by atoms with Crippen LogP contribution in [0.3, 0.4) is 0 Å². The molecule has 2 rings (SSSR count). The van der Waals surface area contributed by atoms with E-state index < -0.39 is 0 Å². The largest absolute Gasteiger partial charge is 0.370 e. The van der Waals surface area contributed by atoms with Crippen LogP contribution in [0.25, 0.3) is 10.8 Å². The lowest BCUT2D eigenvalue weighted by molar-refractivity contribution is -0.383. The second-order valence-electron chi connectivity index (χ2n) is 4.15. The van der Waals surface area contributed by atoms with Crippen molar-refractivity contribution in [1.82, 2.24) is 4.98 Å². The summed E-state index contributed by atoms with van der Waals surface area (Å²) < 4.78 is 0. The fraction of sp³-hybridized carbons (Fsp3) is 0.308. The molecule has 0 spiro atoms. The lowest BCUT2D eigenvalue weighted by Gasteiger charge is -2.23. The Bertz CT molecular complexity index is 600. The molecule has 0 radical (unpaired) electrons. The van der Waals surface area contributed by atoms with Crippen molar-refractivity contribution in [2.45, 2.75) is 6.92 Å². The van der Waals surface area contributed by atoms with Crippen LogP contribution in [0.5, 0.6) is 0 Å². The van der Waals surface area contributed by atoms with Crippen molar-refractivity contribution in [2.24, 2.45) is 5.73 Å². The first kappa shape index (κ1) is 13.2. The molecule has 1 aromatic heterocycles.